The Labute approximate surface area is 227 Å². The lowest BCUT2D eigenvalue weighted by Crippen LogP contribution is -2.32. The molecule has 7 nitrogen and oxygen atoms in total. The Balaban J connectivity index is 1.55. The average Bonchev–Trinajstić information content (AvgIpc) is 3.26. The summed E-state index contributed by atoms with van der Waals surface area (Å²) >= 11 is 0. The van der Waals surface area contributed by atoms with Crippen LogP contribution < -0.4 is 15.4 Å². The second-order valence-corrected chi connectivity index (χ2v) is 11.9. The minimum atomic E-state index is -4.34. The zero-order valence-corrected chi connectivity index (χ0v) is 23.0. The zero-order chi connectivity index (χ0) is 28.2. The molecule has 0 saturated carbocycles. The molecule has 1 saturated heterocycles. The number of ether oxygens (including phenoxy) is 1. The second-order valence-electron chi connectivity index (χ2n) is 9.93. The standard InChI is InChI=1S/C28H33F3N4O3S/c1-34-12-8-20(9-13-34)18-33-25-15-21(16-26-23(25)10-14-35(26)19-28(29,30)31)5-4-11-32-24-7-6-22(39(3,36)37)17-27(24)38-2/h6-7,10,14-17,20,32-33H,8-9,11-13,18-19H2,1-3H3. The van der Waals surface area contributed by atoms with Crippen LogP contribution in [-0.2, 0) is 16.4 Å². The van der Waals surface area contributed by atoms with Crippen LogP contribution in [0.3, 0.4) is 0 Å². The Hall–Kier alpha value is -3.36. The molecule has 3 aromatic rings. The molecule has 4 rings (SSSR count). The smallest absolute Gasteiger partial charge is 0.406 e. The molecule has 1 aliphatic rings. The first-order valence-electron chi connectivity index (χ1n) is 12.7. The van der Waals surface area contributed by atoms with Crippen LogP contribution in [0.25, 0.3) is 10.9 Å². The third-order valence-electron chi connectivity index (χ3n) is 6.86. The van der Waals surface area contributed by atoms with Gasteiger partial charge in [-0.1, -0.05) is 11.8 Å². The quantitative estimate of drug-likeness (QED) is 0.383. The van der Waals surface area contributed by atoms with Gasteiger partial charge >= 0.3 is 6.18 Å². The van der Waals surface area contributed by atoms with Gasteiger partial charge in [0.05, 0.1) is 29.8 Å². The SMILES string of the molecule is COc1cc(S(C)(=O)=O)ccc1NCC#Cc1cc(NCC2CCN(C)CC2)c2ccn(CC(F)(F)F)c2c1. The number of hydrogen-bond donors (Lipinski definition) is 2. The normalized spacial score (nSPS) is 15.1. The van der Waals surface area contributed by atoms with Gasteiger partial charge in [0.1, 0.15) is 12.3 Å². The molecule has 210 valence electrons. The summed E-state index contributed by atoms with van der Waals surface area (Å²) in [5.41, 5.74) is 2.41. The van der Waals surface area contributed by atoms with Crippen molar-refractivity contribution < 1.29 is 26.3 Å². The molecule has 0 radical (unpaired) electrons. The molecule has 2 N–H and O–H groups in total. The number of sulfone groups is 1. The molecule has 2 heterocycles. The number of nitrogens with one attached hydrogen (secondary N) is 2. The van der Waals surface area contributed by atoms with E-state index in [2.05, 4.69) is 34.4 Å². The van der Waals surface area contributed by atoms with E-state index in [9.17, 15) is 21.6 Å². The van der Waals surface area contributed by atoms with E-state index in [1.54, 1.807) is 18.2 Å². The second kappa shape index (κ2) is 11.8. The van der Waals surface area contributed by atoms with Crippen molar-refractivity contribution in [3.8, 4) is 17.6 Å². The highest BCUT2D eigenvalue weighted by atomic mass is 32.2. The van der Waals surface area contributed by atoms with Gasteiger partial charge < -0.3 is 24.8 Å². The van der Waals surface area contributed by atoms with Gasteiger partial charge in [0.15, 0.2) is 9.84 Å². The van der Waals surface area contributed by atoms with Gasteiger partial charge in [0.25, 0.3) is 0 Å². The van der Waals surface area contributed by atoms with Crippen molar-refractivity contribution in [2.75, 3.05) is 57.2 Å². The molecule has 1 aliphatic heterocycles. The lowest BCUT2D eigenvalue weighted by molar-refractivity contribution is -0.139. The molecule has 0 unspecified atom stereocenters. The Morgan fingerprint density at radius 3 is 2.49 bits per heavy atom. The Kier molecular flexibility index (Phi) is 8.67. The largest absolute Gasteiger partial charge is 0.495 e. The van der Waals surface area contributed by atoms with Crippen molar-refractivity contribution in [1.82, 2.24) is 9.47 Å². The summed E-state index contributed by atoms with van der Waals surface area (Å²) in [6.07, 6.45) is 0.386. The molecule has 0 bridgehead atoms. The number of methoxy groups -OCH3 is 1. The fourth-order valence-corrected chi connectivity index (χ4v) is 5.34. The number of anilines is 2. The molecule has 11 heteroatoms. The van der Waals surface area contributed by atoms with Gasteiger partial charge in [-0.15, -0.1) is 0 Å². The van der Waals surface area contributed by atoms with E-state index in [1.807, 2.05) is 6.07 Å². The maximum absolute atomic E-state index is 13.2. The highest BCUT2D eigenvalue weighted by Crippen LogP contribution is 2.30. The number of benzene rings is 2. The Bertz CT molecular complexity index is 1480. The number of aromatic nitrogens is 1. The van der Waals surface area contributed by atoms with E-state index in [-0.39, 0.29) is 11.4 Å². The zero-order valence-electron chi connectivity index (χ0n) is 22.2. The first-order valence-corrected chi connectivity index (χ1v) is 14.5. The highest BCUT2D eigenvalue weighted by molar-refractivity contribution is 7.90. The van der Waals surface area contributed by atoms with E-state index in [0.717, 1.165) is 49.8 Å². The molecular formula is C28H33F3N4O3S. The van der Waals surface area contributed by atoms with Crippen LogP contribution in [0.4, 0.5) is 24.5 Å². The molecule has 39 heavy (non-hydrogen) atoms. The lowest BCUT2D eigenvalue weighted by atomic mass is 9.97. The number of piperidine rings is 1. The van der Waals surface area contributed by atoms with E-state index in [0.29, 0.717) is 28.4 Å². The van der Waals surface area contributed by atoms with Crippen LogP contribution >= 0.6 is 0 Å². The maximum Gasteiger partial charge on any atom is 0.406 e. The van der Waals surface area contributed by atoms with Crippen LogP contribution in [0.5, 0.6) is 5.75 Å². The van der Waals surface area contributed by atoms with Crippen LogP contribution in [0.2, 0.25) is 0 Å². The molecule has 0 atom stereocenters. The van der Waals surface area contributed by atoms with Gasteiger partial charge in [-0.3, -0.25) is 0 Å². The number of hydrogen-bond acceptors (Lipinski definition) is 6. The van der Waals surface area contributed by atoms with E-state index >= 15 is 0 Å². The van der Waals surface area contributed by atoms with Crippen molar-refractivity contribution in [2.24, 2.45) is 5.92 Å². The first-order chi connectivity index (χ1) is 18.4. The monoisotopic (exact) mass is 562 g/mol. The molecule has 1 aromatic heterocycles. The molecular weight excluding hydrogens is 529 g/mol. The summed E-state index contributed by atoms with van der Waals surface area (Å²) in [5.74, 6) is 6.93. The van der Waals surface area contributed by atoms with Crippen molar-refractivity contribution in [2.45, 2.75) is 30.5 Å². The maximum atomic E-state index is 13.2. The van der Waals surface area contributed by atoms with Crippen LogP contribution in [0.15, 0.2) is 47.5 Å². The summed E-state index contributed by atoms with van der Waals surface area (Å²) in [6.45, 7) is 1.95. The van der Waals surface area contributed by atoms with Gasteiger partial charge in [-0.2, -0.15) is 13.2 Å². The predicted octanol–water partition coefficient (Wildman–Crippen LogP) is 4.83. The van der Waals surface area contributed by atoms with E-state index in [1.165, 1.54) is 30.0 Å². The predicted molar refractivity (Wildman–Crippen MR) is 148 cm³/mol. The Morgan fingerprint density at radius 2 is 1.82 bits per heavy atom. The molecule has 2 aromatic carbocycles. The van der Waals surface area contributed by atoms with Crippen molar-refractivity contribution in [3.05, 3.63) is 48.2 Å². The molecule has 0 aliphatic carbocycles. The fraction of sp³-hybridized carbons (Fsp3) is 0.429. The number of likely N-dealkylation sites (tertiary alicyclic amines) is 1. The summed E-state index contributed by atoms with van der Waals surface area (Å²) in [7, 11) is 0.177. The molecule has 0 amide bonds. The lowest BCUT2D eigenvalue weighted by Gasteiger charge is -2.29. The molecule has 1 fully saturated rings. The first kappa shape index (κ1) is 28.6. The van der Waals surface area contributed by atoms with Gasteiger partial charge in [0.2, 0.25) is 0 Å². The number of halogens is 3. The summed E-state index contributed by atoms with van der Waals surface area (Å²) in [6, 6.07) is 9.80. The van der Waals surface area contributed by atoms with E-state index in [4.69, 9.17) is 4.74 Å². The number of rotatable bonds is 8. The van der Waals surface area contributed by atoms with Gasteiger partial charge in [-0.25, -0.2) is 8.42 Å². The van der Waals surface area contributed by atoms with Crippen molar-refractivity contribution >= 4 is 32.1 Å². The topological polar surface area (TPSA) is 75.6 Å². The van der Waals surface area contributed by atoms with Gasteiger partial charge in [-0.05, 0) is 69.2 Å². The average molecular weight is 563 g/mol. The van der Waals surface area contributed by atoms with Crippen molar-refractivity contribution in [3.63, 3.8) is 0 Å². The summed E-state index contributed by atoms with van der Waals surface area (Å²) in [4.78, 5) is 2.44. The minimum Gasteiger partial charge on any atom is -0.495 e. The number of alkyl halides is 3. The fourth-order valence-electron chi connectivity index (χ4n) is 4.70. The summed E-state index contributed by atoms with van der Waals surface area (Å²) in [5, 5.41) is 7.31. The highest BCUT2D eigenvalue weighted by Gasteiger charge is 2.28. The van der Waals surface area contributed by atoms with E-state index < -0.39 is 22.6 Å². The van der Waals surface area contributed by atoms with Gasteiger partial charge in [0, 0.05) is 41.7 Å². The Morgan fingerprint density at radius 1 is 1.08 bits per heavy atom. The minimum absolute atomic E-state index is 0.145. The van der Waals surface area contributed by atoms with Crippen LogP contribution in [0, 0.1) is 17.8 Å². The molecule has 0 spiro atoms. The van der Waals surface area contributed by atoms with Crippen molar-refractivity contribution in [1.29, 1.82) is 0 Å². The van der Waals surface area contributed by atoms with Crippen LogP contribution in [0.1, 0.15) is 18.4 Å². The third-order valence-corrected chi connectivity index (χ3v) is 7.97. The van der Waals surface area contributed by atoms with Crippen LogP contribution in [-0.4, -0.2) is 70.7 Å². The number of nitrogens with zero attached hydrogens (tertiary/aromatic N) is 2. The number of fused-ring (bicyclic) bond motifs is 1. The summed E-state index contributed by atoms with van der Waals surface area (Å²) < 4.78 is 69.8. The third kappa shape index (κ3) is 7.61.